The van der Waals surface area contributed by atoms with Crippen molar-refractivity contribution in [2.24, 2.45) is 11.8 Å². The highest BCUT2D eigenvalue weighted by Crippen LogP contribution is 2.28. The van der Waals surface area contributed by atoms with Gasteiger partial charge in [0.25, 0.3) is 0 Å². The summed E-state index contributed by atoms with van der Waals surface area (Å²) in [5, 5.41) is 0.711. The minimum Gasteiger partial charge on any atom is -0.496 e. The van der Waals surface area contributed by atoms with Gasteiger partial charge < -0.3 is 9.47 Å². The standard InChI is InChI=1S/C14H21ClN2O2/c1-9-5-11(8-19-9)13(17-16)7-10-6-12(15)3-4-14(10)18-2/h3-4,6,9,11,13,17H,5,7-8,16H2,1-2H3. The van der Waals surface area contributed by atoms with Gasteiger partial charge in [0, 0.05) is 17.0 Å². The molecule has 1 fully saturated rings. The minimum absolute atomic E-state index is 0.164. The molecule has 0 aromatic heterocycles. The molecule has 2 rings (SSSR count). The molecule has 106 valence electrons. The molecule has 4 nitrogen and oxygen atoms in total. The third kappa shape index (κ3) is 3.60. The van der Waals surface area contributed by atoms with Gasteiger partial charge in [-0.05, 0) is 43.5 Å². The average molecular weight is 285 g/mol. The highest BCUT2D eigenvalue weighted by Gasteiger charge is 2.29. The molecular weight excluding hydrogens is 264 g/mol. The molecule has 5 heteroatoms. The third-order valence-corrected chi connectivity index (χ3v) is 3.93. The topological polar surface area (TPSA) is 56.5 Å². The van der Waals surface area contributed by atoms with Gasteiger partial charge in [-0.15, -0.1) is 0 Å². The lowest BCUT2D eigenvalue weighted by Gasteiger charge is -2.22. The average Bonchev–Trinajstić information content (AvgIpc) is 2.82. The Morgan fingerprint density at radius 2 is 2.37 bits per heavy atom. The molecule has 1 aromatic carbocycles. The predicted octanol–water partition coefficient (Wildman–Crippen LogP) is 2.15. The van der Waals surface area contributed by atoms with Gasteiger partial charge in [-0.1, -0.05) is 11.6 Å². The van der Waals surface area contributed by atoms with E-state index in [0.29, 0.717) is 17.0 Å². The molecule has 0 radical (unpaired) electrons. The zero-order valence-corrected chi connectivity index (χ0v) is 12.1. The van der Waals surface area contributed by atoms with Crippen LogP contribution in [0.4, 0.5) is 0 Å². The minimum atomic E-state index is 0.164. The Labute approximate surface area is 119 Å². The summed E-state index contributed by atoms with van der Waals surface area (Å²) in [5.74, 6) is 6.96. The van der Waals surface area contributed by atoms with Crippen LogP contribution in [-0.2, 0) is 11.2 Å². The zero-order chi connectivity index (χ0) is 13.8. The second-order valence-corrected chi connectivity index (χ2v) is 5.51. The smallest absolute Gasteiger partial charge is 0.122 e. The van der Waals surface area contributed by atoms with Gasteiger partial charge in [0.05, 0.1) is 19.8 Å². The summed E-state index contributed by atoms with van der Waals surface area (Å²) in [6, 6.07) is 5.82. The van der Waals surface area contributed by atoms with Crippen molar-refractivity contribution in [3.8, 4) is 5.75 Å². The van der Waals surface area contributed by atoms with Gasteiger partial charge in [-0.3, -0.25) is 11.3 Å². The predicted molar refractivity (Wildman–Crippen MR) is 76.3 cm³/mol. The van der Waals surface area contributed by atoms with Crippen LogP contribution >= 0.6 is 11.6 Å². The van der Waals surface area contributed by atoms with E-state index in [0.717, 1.165) is 30.8 Å². The van der Waals surface area contributed by atoms with Crippen molar-refractivity contribution in [1.29, 1.82) is 0 Å². The number of hydrogen-bond donors (Lipinski definition) is 2. The fourth-order valence-electron chi connectivity index (χ4n) is 2.64. The molecule has 1 saturated heterocycles. The van der Waals surface area contributed by atoms with E-state index in [2.05, 4.69) is 12.3 Å². The van der Waals surface area contributed by atoms with Crippen molar-refractivity contribution >= 4 is 11.6 Å². The first-order valence-electron chi connectivity index (χ1n) is 6.54. The van der Waals surface area contributed by atoms with Crippen molar-refractivity contribution < 1.29 is 9.47 Å². The Morgan fingerprint density at radius 1 is 1.58 bits per heavy atom. The molecule has 3 unspecified atom stereocenters. The van der Waals surface area contributed by atoms with E-state index in [1.165, 1.54) is 0 Å². The number of hydrazine groups is 1. The van der Waals surface area contributed by atoms with Gasteiger partial charge in [-0.2, -0.15) is 0 Å². The summed E-state index contributed by atoms with van der Waals surface area (Å²) < 4.78 is 11.0. The van der Waals surface area contributed by atoms with E-state index in [-0.39, 0.29) is 6.04 Å². The number of benzene rings is 1. The van der Waals surface area contributed by atoms with Gasteiger partial charge in [0.2, 0.25) is 0 Å². The number of halogens is 1. The molecule has 0 bridgehead atoms. The molecule has 1 heterocycles. The van der Waals surface area contributed by atoms with E-state index in [9.17, 15) is 0 Å². The van der Waals surface area contributed by atoms with Crippen LogP contribution in [0.5, 0.6) is 5.75 Å². The van der Waals surface area contributed by atoms with Crippen LogP contribution in [0.3, 0.4) is 0 Å². The Hall–Kier alpha value is -0.810. The molecule has 3 N–H and O–H groups in total. The van der Waals surface area contributed by atoms with Crippen molar-refractivity contribution in [3.05, 3.63) is 28.8 Å². The lowest BCUT2D eigenvalue weighted by Crippen LogP contribution is -2.42. The Kier molecular flexibility index (Phi) is 5.05. The van der Waals surface area contributed by atoms with E-state index < -0.39 is 0 Å². The lowest BCUT2D eigenvalue weighted by atomic mass is 9.92. The second-order valence-electron chi connectivity index (χ2n) is 5.07. The van der Waals surface area contributed by atoms with Crippen LogP contribution in [0.15, 0.2) is 18.2 Å². The summed E-state index contributed by atoms with van der Waals surface area (Å²) in [5.41, 5.74) is 3.97. The summed E-state index contributed by atoms with van der Waals surface area (Å²) in [6.07, 6.45) is 2.11. The van der Waals surface area contributed by atoms with Crippen LogP contribution in [0.25, 0.3) is 0 Å². The molecule has 19 heavy (non-hydrogen) atoms. The van der Waals surface area contributed by atoms with Gasteiger partial charge in [0.1, 0.15) is 5.75 Å². The second kappa shape index (κ2) is 6.57. The Balaban J connectivity index is 2.11. The number of nitrogens with one attached hydrogen (secondary N) is 1. The molecule has 0 saturated carbocycles. The van der Waals surface area contributed by atoms with E-state index in [1.54, 1.807) is 7.11 Å². The normalized spacial score (nSPS) is 24.4. The molecular formula is C14H21ClN2O2. The number of nitrogens with two attached hydrogens (primary N) is 1. The lowest BCUT2D eigenvalue weighted by molar-refractivity contribution is 0.117. The SMILES string of the molecule is COc1ccc(Cl)cc1CC(NN)C1COC(C)C1. The fourth-order valence-corrected chi connectivity index (χ4v) is 2.83. The molecule has 1 aliphatic rings. The summed E-state index contributed by atoms with van der Waals surface area (Å²) in [6.45, 7) is 2.84. The molecule has 1 aromatic rings. The van der Waals surface area contributed by atoms with Crippen LogP contribution in [0, 0.1) is 5.92 Å². The Morgan fingerprint density at radius 3 is 2.95 bits per heavy atom. The quantitative estimate of drug-likeness (QED) is 0.643. The number of methoxy groups -OCH3 is 1. The molecule has 0 amide bonds. The first-order valence-corrected chi connectivity index (χ1v) is 6.92. The number of hydrogen-bond acceptors (Lipinski definition) is 4. The largest absolute Gasteiger partial charge is 0.496 e. The molecule has 0 spiro atoms. The van der Waals surface area contributed by atoms with Crippen molar-refractivity contribution in [1.82, 2.24) is 5.43 Å². The number of rotatable bonds is 5. The monoisotopic (exact) mass is 284 g/mol. The van der Waals surface area contributed by atoms with Crippen molar-refractivity contribution in [3.63, 3.8) is 0 Å². The first kappa shape index (κ1) is 14.6. The van der Waals surface area contributed by atoms with Crippen LogP contribution in [-0.4, -0.2) is 25.9 Å². The van der Waals surface area contributed by atoms with E-state index >= 15 is 0 Å². The Bertz CT molecular complexity index is 428. The van der Waals surface area contributed by atoms with Crippen LogP contribution in [0.1, 0.15) is 18.9 Å². The van der Waals surface area contributed by atoms with Gasteiger partial charge >= 0.3 is 0 Å². The summed E-state index contributed by atoms with van der Waals surface area (Å²) >= 11 is 6.05. The van der Waals surface area contributed by atoms with Crippen LogP contribution in [0.2, 0.25) is 5.02 Å². The maximum atomic E-state index is 6.05. The first-order chi connectivity index (χ1) is 9.13. The van der Waals surface area contributed by atoms with Crippen LogP contribution < -0.4 is 16.0 Å². The van der Waals surface area contributed by atoms with Gasteiger partial charge in [0.15, 0.2) is 0 Å². The van der Waals surface area contributed by atoms with Crippen molar-refractivity contribution in [2.75, 3.05) is 13.7 Å². The maximum absolute atomic E-state index is 6.05. The zero-order valence-electron chi connectivity index (χ0n) is 11.4. The molecule has 1 aliphatic heterocycles. The summed E-state index contributed by atoms with van der Waals surface area (Å²) in [7, 11) is 1.67. The highest BCUT2D eigenvalue weighted by molar-refractivity contribution is 6.30. The summed E-state index contributed by atoms with van der Waals surface area (Å²) in [4.78, 5) is 0. The highest BCUT2D eigenvalue weighted by atomic mass is 35.5. The number of ether oxygens (including phenoxy) is 2. The molecule has 0 aliphatic carbocycles. The van der Waals surface area contributed by atoms with E-state index in [1.807, 2.05) is 18.2 Å². The maximum Gasteiger partial charge on any atom is 0.122 e. The third-order valence-electron chi connectivity index (χ3n) is 3.69. The van der Waals surface area contributed by atoms with Gasteiger partial charge in [-0.25, -0.2) is 0 Å². The fraction of sp³-hybridized carbons (Fsp3) is 0.571. The van der Waals surface area contributed by atoms with E-state index in [4.69, 9.17) is 26.9 Å². The molecule has 3 atom stereocenters. The van der Waals surface area contributed by atoms with Crippen molar-refractivity contribution in [2.45, 2.75) is 31.9 Å².